The number of hydrogen-bond acceptors (Lipinski definition) is 2. The van der Waals surface area contributed by atoms with Crippen LogP contribution in [0, 0.1) is 6.92 Å². The van der Waals surface area contributed by atoms with Crippen LogP contribution in [0.4, 0.5) is 0 Å². The minimum Gasteiger partial charge on any atom is -0.515 e. The Balaban J connectivity index is 0.000000281. The molecule has 0 spiro atoms. The van der Waals surface area contributed by atoms with Gasteiger partial charge in [0, 0.05) is 0 Å². The molecule has 16 heavy (non-hydrogen) atoms. The highest BCUT2D eigenvalue weighted by molar-refractivity contribution is 5.23. The Morgan fingerprint density at radius 1 is 1.50 bits per heavy atom. The average Bonchev–Trinajstić information content (AvgIpc) is 2.66. The molecule has 0 aliphatic heterocycles. The Morgan fingerprint density at radius 2 is 2.12 bits per heavy atom. The SMILES string of the molecule is C=C(C)/C(=C\O)CC.CCc1coc(C)c1. The first-order valence-electron chi connectivity index (χ1n) is 5.58. The van der Waals surface area contributed by atoms with Crippen LogP contribution in [0.1, 0.15) is 38.5 Å². The molecule has 0 unspecified atom stereocenters. The largest absolute Gasteiger partial charge is 0.515 e. The molecular formula is C14H22O2. The molecule has 1 rings (SSSR count). The maximum atomic E-state index is 8.47. The fourth-order valence-corrected chi connectivity index (χ4v) is 1.19. The number of aliphatic hydroxyl groups excluding tert-OH is 1. The van der Waals surface area contributed by atoms with Crippen LogP contribution >= 0.6 is 0 Å². The molecule has 0 aliphatic rings. The first kappa shape index (κ1) is 14.6. The molecule has 0 aromatic carbocycles. The number of allylic oxidation sites excluding steroid dienone is 2. The number of furan rings is 1. The Hall–Kier alpha value is -1.44. The maximum absolute atomic E-state index is 8.47. The van der Waals surface area contributed by atoms with Gasteiger partial charge in [0.1, 0.15) is 5.76 Å². The van der Waals surface area contributed by atoms with Crippen LogP contribution in [-0.2, 0) is 6.42 Å². The lowest BCUT2D eigenvalue weighted by atomic mass is 10.1. The summed E-state index contributed by atoms with van der Waals surface area (Å²) in [5, 5.41) is 8.47. The fraction of sp³-hybridized carbons (Fsp3) is 0.429. The summed E-state index contributed by atoms with van der Waals surface area (Å²) in [6.45, 7) is 11.6. The normalized spacial score (nSPS) is 10.6. The van der Waals surface area contributed by atoms with Gasteiger partial charge in [0.05, 0.1) is 12.5 Å². The van der Waals surface area contributed by atoms with Gasteiger partial charge in [0.25, 0.3) is 0 Å². The smallest absolute Gasteiger partial charge is 0.100 e. The van der Waals surface area contributed by atoms with Crippen molar-refractivity contribution in [1.29, 1.82) is 0 Å². The molecule has 0 atom stereocenters. The second-order valence-electron chi connectivity index (χ2n) is 3.71. The average molecular weight is 222 g/mol. The van der Waals surface area contributed by atoms with Crippen LogP contribution in [0.5, 0.6) is 0 Å². The summed E-state index contributed by atoms with van der Waals surface area (Å²) in [7, 11) is 0. The van der Waals surface area contributed by atoms with Gasteiger partial charge >= 0.3 is 0 Å². The Morgan fingerprint density at radius 3 is 2.25 bits per heavy atom. The van der Waals surface area contributed by atoms with E-state index in [0.717, 1.165) is 36.0 Å². The summed E-state index contributed by atoms with van der Waals surface area (Å²) in [5.41, 5.74) is 3.14. The lowest BCUT2D eigenvalue weighted by Crippen LogP contribution is -1.79. The zero-order valence-electron chi connectivity index (χ0n) is 10.7. The first-order valence-corrected chi connectivity index (χ1v) is 5.58. The van der Waals surface area contributed by atoms with Crippen LogP contribution in [0.2, 0.25) is 0 Å². The van der Waals surface area contributed by atoms with Crippen molar-refractivity contribution in [1.82, 2.24) is 0 Å². The van der Waals surface area contributed by atoms with E-state index in [-0.39, 0.29) is 0 Å². The van der Waals surface area contributed by atoms with E-state index < -0.39 is 0 Å². The van der Waals surface area contributed by atoms with E-state index in [4.69, 9.17) is 9.52 Å². The summed E-state index contributed by atoms with van der Waals surface area (Å²) in [4.78, 5) is 0. The minimum absolute atomic E-state index is 0.853. The summed E-state index contributed by atoms with van der Waals surface area (Å²) in [6.07, 6.45) is 4.83. The van der Waals surface area contributed by atoms with Gasteiger partial charge in [0.2, 0.25) is 0 Å². The summed E-state index contributed by atoms with van der Waals surface area (Å²) in [5.74, 6) is 1.00. The van der Waals surface area contributed by atoms with Gasteiger partial charge < -0.3 is 9.52 Å². The van der Waals surface area contributed by atoms with Crippen LogP contribution in [0.25, 0.3) is 0 Å². The fourth-order valence-electron chi connectivity index (χ4n) is 1.19. The van der Waals surface area contributed by atoms with Gasteiger partial charge in [-0.25, -0.2) is 0 Å². The van der Waals surface area contributed by atoms with Gasteiger partial charge in [-0.2, -0.15) is 0 Å². The van der Waals surface area contributed by atoms with Crippen molar-refractivity contribution in [2.45, 2.75) is 40.5 Å². The van der Waals surface area contributed by atoms with Crippen LogP contribution < -0.4 is 0 Å². The van der Waals surface area contributed by atoms with E-state index >= 15 is 0 Å². The second-order valence-corrected chi connectivity index (χ2v) is 3.71. The number of rotatable bonds is 3. The topological polar surface area (TPSA) is 33.4 Å². The van der Waals surface area contributed by atoms with Crippen molar-refractivity contribution >= 4 is 0 Å². The minimum atomic E-state index is 0.853. The molecule has 0 bridgehead atoms. The van der Waals surface area contributed by atoms with Crippen LogP contribution in [0.15, 0.2) is 40.7 Å². The quantitative estimate of drug-likeness (QED) is 0.600. The molecule has 0 aliphatic carbocycles. The van der Waals surface area contributed by atoms with E-state index in [1.54, 1.807) is 6.26 Å². The lowest BCUT2D eigenvalue weighted by molar-refractivity contribution is 0.466. The van der Waals surface area contributed by atoms with E-state index in [0.29, 0.717) is 0 Å². The monoisotopic (exact) mass is 222 g/mol. The van der Waals surface area contributed by atoms with Crippen molar-refractivity contribution < 1.29 is 9.52 Å². The highest BCUT2D eigenvalue weighted by atomic mass is 16.3. The first-order chi connectivity index (χ1) is 7.54. The molecule has 2 nitrogen and oxygen atoms in total. The van der Waals surface area contributed by atoms with Crippen molar-refractivity contribution in [3.8, 4) is 0 Å². The van der Waals surface area contributed by atoms with Gasteiger partial charge in [-0.3, -0.25) is 0 Å². The van der Waals surface area contributed by atoms with Gasteiger partial charge in [-0.1, -0.05) is 26.0 Å². The predicted molar refractivity (Wildman–Crippen MR) is 68.6 cm³/mol. The molecule has 0 amide bonds. The lowest BCUT2D eigenvalue weighted by Gasteiger charge is -1.97. The molecular weight excluding hydrogens is 200 g/mol. The molecule has 1 aromatic rings. The molecule has 90 valence electrons. The van der Waals surface area contributed by atoms with E-state index in [9.17, 15) is 0 Å². The Labute approximate surface area is 98.3 Å². The summed E-state index contributed by atoms with van der Waals surface area (Å²) in [6, 6.07) is 2.06. The van der Waals surface area contributed by atoms with Crippen molar-refractivity contribution in [3.63, 3.8) is 0 Å². The molecule has 0 radical (unpaired) electrons. The highest BCUT2D eigenvalue weighted by Gasteiger charge is 1.91. The van der Waals surface area contributed by atoms with Gasteiger partial charge in [-0.05, 0) is 43.9 Å². The highest BCUT2D eigenvalue weighted by Crippen LogP contribution is 2.08. The molecule has 1 N–H and O–H groups in total. The number of hydrogen-bond donors (Lipinski definition) is 1. The Bertz CT molecular complexity index is 345. The van der Waals surface area contributed by atoms with Crippen molar-refractivity contribution in [3.05, 3.63) is 47.6 Å². The zero-order chi connectivity index (χ0) is 12.6. The standard InChI is InChI=1S/C7H10O.C7H12O/c1-3-7-4-6(2)8-5-7;1-4-7(5-8)6(2)3/h4-5H,3H2,1-2H3;5,8H,2,4H2,1,3H3/b;7-5-. The molecule has 2 heteroatoms. The third-order valence-corrected chi connectivity index (χ3v) is 2.28. The third-order valence-electron chi connectivity index (χ3n) is 2.28. The van der Waals surface area contributed by atoms with Gasteiger partial charge in [-0.15, -0.1) is 0 Å². The summed E-state index contributed by atoms with van der Waals surface area (Å²) < 4.78 is 5.06. The summed E-state index contributed by atoms with van der Waals surface area (Å²) >= 11 is 0. The Kier molecular flexibility index (Phi) is 7.10. The van der Waals surface area contributed by atoms with Crippen molar-refractivity contribution in [2.24, 2.45) is 0 Å². The number of aliphatic hydroxyl groups is 1. The van der Waals surface area contributed by atoms with Crippen LogP contribution in [-0.4, -0.2) is 5.11 Å². The second kappa shape index (κ2) is 7.80. The third kappa shape index (κ3) is 5.44. The molecule has 0 saturated heterocycles. The molecule has 1 heterocycles. The maximum Gasteiger partial charge on any atom is 0.100 e. The molecule has 1 aromatic heterocycles. The predicted octanol–water partition coefficient (Wildman–Crippen LogP) is 4.56. The van der Waals surface area contributed by atoms with Crippen molar-refractivity contribution in [2.75, 3.05) is 0 Å². The molecule has 0 saturated carbocycles. The van der Waals surface area contributed by atoms with Crippen LogP contribution in [0.3, 0.4) is 0 Å². The zero-order valence-corrected chi connectivity index (χ0v) is 10.7. The van der Waals surface area contributed by atoms with E-state index in [1.165, 1.54) is 5.56 Å². The van der Waals surface area contributed by atoms with Gasteiger partial charge in [0.15, 0.2) is 0 Å². The van der Waals surface area contributed by atoms with E-state index in [1.807, 2.05) is 20.8 Å². The number of aryl methyl sites for hydroxylation is 2. The van der Waals surface area contributed by atoms with E-state index in [2.05, 4.69) is 19.6 Å². The molecule has 0 fully saturated rings.